The summed E-state index contributed by atoms with van der Waals surface area (Å²) in [5.41, 5.74) is 1.52. The quantitative estimate of drug-likeness (QED) is 0.588. The van der Waals surface area contributed by atoms with Crippen LogP contribution in [0.3, 0.4) is 0 Å². The Balaban J connectivity index is 1.67. The van der Waals surface area contributed by atoms with E-state index in [1.165, 1.54) is 29.5 Å². The van der Waals surface area contributed by atoms with E-state index in [0.717, 1.165) is 10.4 Å². The average Bonchev–Trinajstić information content (AvgIpc) is 3.16. The Morgan fingerprint density at radius 2 is 1.79 bits per heavy atom. The molecular formula is C21H21FN2O3S2. The highest BCUT2D eigenvalue weighted by Crippen LogP contribution is 2.28. The first-order chi connectivity index (χ1) is 13.7. The summed E-state index contributed by atoms with van der Waals surface area (Å²) in [4.78, 5) is 14.0. The summed E-state index contributed by atoms with van der Waals surface area (Å²) < 4.78 is 40.2. The Labute approximate surface area is 173 Å². The van der Waals surface area contributed by atoms with Crippen molar-refractivity contribution in [3.05, 3.63) is 76.9 Å². The number of rotatable bonds is 7. The van der Waals surface area contributed by atoms with E-state index in [2.05, 4.69) is 10.0 Å². The monoisotopic (exact) mass is 432 g/mol. The van der Waals surface area contributed by atoms with Crippen LogP contribution in [0.2, 0.25) is 0 Å². The van der Waals surface area contributed by atoms with E-state index in [4.69, 9.17) is 0 Å². The molecule has 0 spiro atoms. The summed E-state index contributed by atoms with van der Waals surface area (Å²) >= 11 is 1.31. The second-order valence-electron chi connectivity index (χ2n) is 6.78. The second kappa shape index (κ2) is 8.86. The standard InChI is InChI=1S/C21H21FN2O3S2/c1-14(2)24-29(26,27)18-5-3-4-15(12-18)13-23-21(25)20-11-10-19(28-20)16-6-8-17(22)9-7-16/h3-12,14,24H,13H2,1-2H3,(H,23,25). The molecule has 8 heteroatoms. The maximum atomic E-state index is 13.1. The highest BCUT2D eigenvalue weighted by Gasteiger charge is 2.16. The lowest BCUT2D eigenvalue weighted by Gasteiger charge is -2.11. The van der Waals surface area contributed by atoms with E-state index < -0.39 is 10.0 Å². The Bertz CT molecular complexity index is 1110. The molecule has 0 saturated heterocycles. The Morgan fingerprint density at radius 1 is 1.07 bits per heavy atom. The van der Waals surface area contributed by atoms with Gasteiger partial charge in [0.1, 0.15) is 5.82 Å². The molecule has 0 aliphatic carbocycles. The molecule has 0 bridgehead atoms. The Kier molecular flexibility index (Phi) is 6.46. The van der Waals surface area contributed by atoms with Crippen molar-refractivity contribution in [2.75, 3.05) is 0 Å². The molecule has 3 aromatic rings. The molecule has 1 aromatic heterocycles. The number of carbonyl (C=O) groups is 1. The predicted octanol–water partition coefficient (Wildman–Crippen LogP) is 4.17. The van der Waals surface area contributed by atoms with Crippen molar-refractivity contribution in [3.8, 4) is 10.4 Å². The van der Waals surface area contributed by atoms with Crippen molar-refractivity contribution >= 4 is 27.3 Å². The van der Waals surface area contributed by atoms with Crippen LogP contribution in [0.15, 0.2) is 65.6 Å². The van der Waals surface area contributed by atoms with Gasteiger partial charge in [-0.25, -0.2) is 17.5 Å². The van der Waals surface area contributed by atoms with Crippen LogP contribution in [0, 0.1) is 5.82 Å². The van der Waals surface area contributed by atoms with Gasteiger partial charge >= 0.3 is 0 Å². The molecule has 2 N–H and O–H groups in total. The number of benzene rings is 2. The van der Waals surface area contributed by atoms with Crippen molar-refractivity contribution in [1.82, 2.24) is 10.0 Å². The molecule has 1 amide bonds. The molecule has 0 aliphatic heterocycles. The van der Waals surface area contributed by atoms with Gasteiger partial charge in [0.25, 0.3) is 5.91 Å². The predicted molar refractivity (Wildman–Crippen MR) is 113 cm³/mol. The third-order valence-corrected chi connectivity index (χ3v) is 6.80. The Morgan fingerprint density at radius 3 is 2.48 bits per heavy atom. The number of sulfonamides is 1. The van der Waals surface area contributed by atoms with E-state index in [1.54, 1.807) is 50.2 Å². The third-order valence-electron chi connectivity index (χ3n) is 4.01. The maximum absolute atomic E-state index is 13.1. The SMILES string of the molecule is CC(C)NS(=O)(=O)c1cccc(CNC(=O)c2ccc(-c3ccc(F)cc3)s2)c1. The third kappa shape index (κ3) is 5.50. The summed E-state index contributed by atoms with van der Waals surface area (Å²) in [6.07, 6.45) is 0. The topological polar surface area (TPSA) is 75.3 Å². The van der Waals surface area contributed by atoms with Crippen LogP contribution in [-0.4, -0.2) is 20.4 Å². The highest BCUT2D eigenvalue weighted by atomic mass is 32.2. The highest BCUT2D eigenvalue weighted by molar-refractivity contribution is 7.89. The number of hydrogen-bond acceptors (Lipinski definition) is 4. The molecular weight excluding hydrogens is 411 g/mol. The van der Waals surface area contributed by atoms with Gasteiger partial charge in [0.05, 0.1) is 9.77 Å². The van der Waals surface area contributed by atoms with E-state index in [1.807, 2.05) is 6.07 Å². The number of thiophene rings is 1. The average molecular weight is 433 g/mol. The molecule has 29 heavy (non-hydrogen) atoms. The van der Waals surface area contributed by atoms with Gasteiger partial charge in [0.15, 0.2) is 0 Å². The molecule has 0 fully saturated rings. The Hall–Kier alpha value is -2.55. The van der Waals surface area contributed by atoms with Gasteiger partial charge in [-0.15, -0.1) is 11.3 Å². The largest absolute Gasteiger partial charge is 0.347 e. The number of nitrogens with one attached hydrogen (secondary N) is 2. The van der Waals surface area contributed by atoms with Crippen molar-refractivity contribution in [2.45, 2.75) is 31.3 Å². The van der Waals surface area contributed by atoms with Crippen molar-refractivity contribution in [3.63, 3.8) is 0 Å². The van der Waals surface area contributed by atoms with Crippen LogP contribution in [-0.2, 0) is 16.6 Å². The molecule has 152 valence electrons. The van der Waals surface area contributed by atoms with Crippen LogP contribution in [0.5, 0.6) is 0 Å². The fourth-order valence-corrected chi connectivity index (χ4v) is 4.95. The maximum Gasteiger partial charge on any atom is 0.261 e. The lowest BCUT2D eigenvalue weighted by Crippen LogP contribution is -2.30. The summed E-state index contributed by atoms with van der Waals surface area (Å²) in [6, 6.07) is 15.9. The van der Waals surface area contributed by atoms with E-state index in [9.17, 15) is 17.6 Å². The zero-order valence-electron chi connectivity index (χ0n) is 16.0. The van der Waals surface area contributed by atoms with Crippen LogP contribution in [0.1, 0.15) is 29.1 Å². The minimum atomic E-state index is -3.59. The molecule has 0 atom stereocenters. The normalized spacial score (nSPS) is 11.6. The molecule has 0 radical (unpaired) electrons. The number of carbonyl (C=O) groups excluding carboxylic acids is 1. The van der Waals surface area contributed by atoms with Crippen LogP contribution >= 0.6 is 11.3 Å². The van der Waals surface area contributed by atoms with Crippen LogP contribution in [0.4, 0.5) is 4.39 Å². The first kappa shape index (κ1) is 21.2. The number of hydrogen-bond donors (Lipinski definition) is 2. The zero-order chi connectivity index (χ0) is 21.0. The second-order valence-corrected chi connectivity index (χ2v) is 9.57. The van der Waals surface area contributed by atoms with E-state index in [0.29, 0.717) is 10.4 Å². The first-order valence-corrected chi connectivity index (χ1v) is 11.3. The number of amides is 1. The van der Waals surface area contributed by atoms with E-state index >= 15 is 0 Å². The number of halogens is 1. The summed E-state index contributed by atoms with van der Waals surface area (Å²) in [5.74, 6) is -0.562. The molecule has 2 aromatic carbocycles. The van der Waals surface area contributed by atoms with Crippen LogP contribution < -0.4 is 10.0 Å². The minimum absolute atomic E-state index is 0.160. The van der Waals surface area contributed by atoms with Gasteiger partial charge in [-0.1, -0.05) is 24.3 Å². The summed E-state index contributed by atoms with van der Waals surface area (Å²) in [7, 11) is -3.59. The smallest absolute Gasteiger partial charge is 0.261 e. The lowest BCUT2D eigenvalue weighted by atomic mass is 10.2. The fourth-order valence-electron chi connectivity index (χ4n) is 2.70. The molecule has 5 nitrogen and oxygen atoms in total. The van der Waals surface area contributed by atoms with Gasteiger partial charge in [-0.2, -0.15) is 0 Å². The minimum Gasteiger partial charge on any atom is -0.347 e. The van der Waals surface area contributed by atoms with Gasteiger partial charge in [-0.05, 0) is 61.4 Å². The molecule has 1 heterocycles. The summed E-state index contributed by atoms with van der Waals surface area (Å²) in [6.45, 7) is 3.71. The van der Waals surface area contributed by atoms with Crippen molar-refractivity contribution in [2.24, 2.45) is 0 Å². The van der Waals surface area contributed by atoms with Gasteiger partial charge in [-0.3, -0.25) is 4.79 Å². The molecule has 0 aliphatic rings. The van der Waals surface area contributed by atoms with Gasteiger partial charge < -0.3 is 5.32 Å². The van der Waals surface area contributed by atoms with Crippen molar-refractivity contribution in [1.29, 1.82) is 0 Å². The van der Waals surface area contributed by atoms with Crippen molar-refractivity contribution < 1.29 is 17.6 Å². The van der Waals surface area contributed by atoms with Gasteiger partial charge in [0.2, 0.25) is 10.0 Å². The van der Waals surface area contributed by atoms with E-state index in [-0.39, 0.29) is 29.2 Å². The lowest BCUT2D eigenvalue weighted by molar-refractivity contribution is 0.0955. The first-order valence-electron chi connectivity index (χ1n) is 9.00. The zero-order valence-corrected chi connectivity index (χ0v) is 17.6. The molecule has 0 saturated carbocycles. The fraction of sp³-hybridized carbons (Fsp3) is 0.190. The van der Waals surface area contributed by atoms with Gasteiger partial charge in [0, 0.05) is 17.5 Å². The molecule has 3 rings (SSSR count). The molecule has 0 unspecified atom stereocenters. The summed E-state index contributed by atoms with van der Waals surface area (Å²) in [5, 5.41) is 2.80. The van der Waals surface area contributed by atoms with Crippen LogP contribution in [0.25, 0.3) is 10.4 Å².